The Kier molecular flexibility index (Phi) is 5.69. The van der Waals surface area contributed by atoms with E-state index in [2.05, 4.69) is 0 Å². The molecule has 1 rings (SSSR count). The second-order valence-electron chi connectivity index (χ2n) is 4.68. The van der Waals surface area contributed by atoms with Gasteiger partial charge >= 0.3 is 6.18 Å². The summed E-state index contributed by atoms with van der Waals surface area (Å²) in [5.74, 6) is 0. The van der Waals surface area contributed by atoms with Gasteiger partial charge in [0.1, 0.15) is 0 Å². The molecule has 1 aliphatic carbocycles. The van der Waals surface area contributed by atoms with Crippen molar-refractivity contribution >= 4 is 0 Å². The molecular weight excluding hydrogens is 233 g/mol. The molecule has 3 nitrogen and oxygen atoms in total. The van der Waals surface area contributed by atoms with Crippen molar-refractivity contribution in [2.45, 2.75) is 50.4 Å². The molecule has 0 radical (unpaired) electrons. The molecule has 0 aromatic heterocycles. The zero-order valence-corrected chi connectivity index (χ0v) is 9.92. The zero-order chi connectivity index (χ0) is 12.9. The van der Waals surface area contributed by atoms with Gasteiger partial charge in [-0.1, -0.05) is 19.3 Å². The Balaban J connectivity index is 2.66. The van der Waals surface area contributed by atoms with Gasteiger partial charge in [-0.2, -0.15) is 13.2 Å². The van der Waals surface area contributed by atoms with E-state index in [-0.39, 0.29) is 25.2 Å². The van der Waals surface area contributed by atoms with Gasteiger partial charge in [-0.15, -0.1) is 0 Å². The van der Waals surface area contributed by atoms with E-state index in [0.717, 1.165) is 25.7 Å². The predicted molar refractivity (Wildman–Crippen MR) is 59.6 cm³/mol. The van der Waals surface area contributed by atoms with Crippen LogP contribution < -0.4 is 5.73 Å². The van der Waals surface area contributed by atoms with Crippen molar-refractivity contribution in [2.24, 2.45) is 5.73 Å². The summed E-state index contributed by atoms with van der Waals surface area (Å²) in [7, 11) is 0. The number of rotatable bonds is 4. The maximum absolute atomic E-state index is 12.4. The standard InChI is InChI=1S/C11H21F3N2O/c12-11(13,14)8-16(6-7-17)10-5-3-1-2-4-9(10)15/h9-10,17H,1-8,15H2. The van der Waals surface area contributed by atoms with Crippen LogP contribution in [-0.4, -0.2) is 48.0 Å². The molecule has 1 saturated carbocycles. The first-order valence-corrected chi connectivity index (χ1v) is 6.11. The molecular formula is C11H21F3N2O. The van der Waals surface area contributed by atoms with E-state index in [0.29, 0.717) is 6.42 Å². The topological polar surface area (TPSA) is 49.5 Å². The Labute approximate surface area is 99.8 Å². The minimum absolute atomic E-state index is 0.0396. The minimum Gasteiger partial charge on any atom is -0.395 e. The molecule has 17 heavy (non-hydrogen) atoms. The molecule has 1 aliphatic rings. The van der Waals surface area contributed by atoms with Crippen molar-refractivity contribution in [2.75, 3.05) is 19.7 Å². The van der Waals surface area contributed by atoms with E-state index < -0.39 is 12.7 Å². The Morgan fingerprint density at radius 1 is 1.18 bits per heavy atom. The van der Waals surface area contributed by atoms with E-state index >= 15 is 0 Å². The summed E-state index contributed by atoms with van der Waals surface area (Å²) in [5.41, 5.74) is 5.94. The van der Waals surface area contributed by atoms with Gasteiger partial charge in [-0.05, 0) is 12.8 Å². The lowest BCUT2D eigenvalue weighted by Crippen LogP contribution is -2.51. The molecule has 2 unspecified atom stereocenters. The quantitative estimate of drug-likeness (QED) is 0.748. The maximum atomic E-state index is 12.4. The van der Waals surface area contributed by atoms with Gasteiger partial charge in [-0.3, -0.25) is 4.90 Å². The monoisotopic (exact) mass is 254 g/mol. The number of aliphatic hydroxyl groups excluding tert-OH is 1. The highest BCUT2D eigenvalue weighted by molar-refractivity contribution is 4.85. The number of nitrogens with two attached hydrogens (primary N) is 1. The Bertz CT molecular complexity index is 223. The van der Waals surface area contributed by atoms with Gasteiger partial charge in [-0.25, -0.2) is 0 Å². The molecule has 0 heterocycles. The SMILES string of the molecule is NC1CCCCCC1N(CCO)CC(F)(F)F. The molecule has 1 fully saturated rings. The number of nitrogens with zero attached hydrogens (tertiary/aromatic N) is 1. The van der Waals surface area contributed by atoms with Gasteiger partial charge in [0, 0.05) is 18.6 Å². The summed E-state index contributed by atoms with van der Waals surface area (Å²) in [6, 6.07) is -0.474. The summed E-state index contributed by atoms with van der Waals surface area (Å²) in [4.78, 5) is 1.29. The molecule has 3 N–H and O–H groups in total. The fraction of sp³-hybridized carbons (Fsp3) is 1.00. The van der Waals surface area contributed by atoms with Crippen molar-refractivity contribution < 1.29 is 18.3 Å². The minimum atomic E-state index is -4.23. The number of hydrogen-bond acceptors (Lipinski definition) is 3. The van der Waals surface area contributed by atoms with Crippen molar-refractivity contribution in [3.05, 3.63) is 0 Å². The van der Waals surface area contributed by atoms with Crippen molar-refractivity contribution in [1.82, 2.24) is 4.90 Å². The number of aliphatic hydroxyl groups is 1. The zero-order valence-electron chi connectivity index (χ0n) is 9.92. The third-order valence-electron chi connectivity index (χ3n) is 3.27. The second-order valence-corrected chi connectivity index (χ2v) is 4.68. The molecule has 0 aromatic carbocycles. The van der Waals surface area contributed by atoms with E-state index in [4.69, 9.17) is 10.8 Å². The van der Waals surface area contributed by atoms with Crippen LogP contribution in [0, 0.1) is 0 Å². The van der Waals surface area contributed by atoms with Gasteiger partial charge in [0.15, 0.2) is 0 Å². The summed E-state index contributed by atoms with van der Waals surface area (Å²) in [5, 5.41) is 8.87. The van der Waals surface area contributed by atoms with Crippen LogP contribution >= 0.6 is 0 Å². The molecule has 102 valence electrons. The van der Waals surface area contributed by atoms with Crippen molar-refractivity contribution in [3.63, 3.8) is 0 Å². The van der Waals surface area contributed by atoms with Crippen molar-refractivity contribution in [3.8, 4) is 0 Å². The van der Waals surface area contributed by atoms with Crippen LogP contribution in [0.25, 0.3) is 0 Å². The van der Waals surface area contributed by atoms with E-state index in [9.17, 15) is 13.2 Å². The highest BCUT2D eigenvalue weighted by atomic mass is 19.4. The maximum Gasteiger partial charge on any atom is 0.401 e. The lowest BCUT2D eigenvalue weighted by molar-refractivity contribution is -0.153. The average Bonchev–Trinajstić information content (AvgIpc) is 2.40. The van der Waals surface area contributed by atoms with Crippen LogP contribution in [0.1, 0.15) is 32.1 Å². The third-order valence-corrected chi connectivity index (χ3v) is 3.27. The van der Waals surface area contributed by atoms with Gasteiger partial charge in [0.25, 0.3) is 0 Å². The molecule has 0 spiro atoms. The van der Waals surface area contributed by atoms with Crippen LogP contribution in [0.4, 0.5) is 13.2 Å². The van der Waals surface area contributed by atoms with Crippen LogP contribution in [0.5, 0.6) is 0 Å². The normalized spacial score (nSPS) is 27.2. The van der Waals surface area contributed by atoms with E-state index in [1.165, 1.54) is 4.90 Å². The number of halogens is 3. The van der Waals surface area contributed by atoms with Gasteiger partial charge in [0.05, 0.1) is 13.2 Å². The summed E-state index contributed by atoms with van der Waals surface area (Å²) >= 11 is 0. The van der Waals surface area contributed by atoms with Crippen LogP contribution in [-0.2, 0) is 0 Å². The summed E-state index contributed by atoms with van der Waals surface area (Å²) in [6.45, 7) is -1.21. The smallest absolute Gasteiger partial charge is 0.395 e. The molecule has 2 atom stereocenters. The summed E-state index contributed by atoms with van der Waals surface area (Å²) in [6.07, 6.45) is 0.154. The lowest BCUT2D eigenvalue weighted by atomic mass is 10.0. The molecule has 0 amide bonds. The Morgan fingerprint density at radius 2 is 1.82 bits per heavy atom. The number of alkyl halides is 3. The average molecular weight is 254 g/mol. The highest BCUT2D eigenvalue weighted by Crippen LogP contribution is 2.25. The fourth-order valence-corrected chi connectivity index (χ4v) is 2.49. The van der Waals surface area contributed by atoms with Crippen molar-refractivity contribution in [1.29, 1.82) is 0 Å². The van der Waals surface area contributed by atoms with Gasteiger partial charge in [0.2, 0.25) is 0 Å². The van der Waals surface area contributed by atoms with Crippen LogP contribution in [0.15, 0.2) is 0 Å². The highest BCUT2D eigenvalue weighted by Gasteiger charge is 2.35. The predicted octanol–water partition coefficient (Wildman–Crippen LogP) is 1.50. The first-order chi connectivity index (χ1) is 7.94. The molecule has 6 heteroatoms. The first-order valence-electron chi connectivity index (χ1n) is 6.11. The molecule has 0 aromatic rings. The van der Waals surface area contributed by atoms with Crippen LogP contribution in [0.2, 0.25) is 0 Å². The lowest BCUT2D eigenvalue weighted by Gasteiger charge is -2.34. The second kappa shape index (κ2) is 6.56. The van der Waals surface area contributed by atoms with Gasteiger partial charge < -0.3 is 10.8 Å². The fourth-order valence-electron chi connectivity index (χ4n) is 2.49. The Morgan fingerprint density at radius 3 is 2.41 bits per heavy atom. The Hall–Kier alpha value is -0.330. The van der Waals surface area contributed by atoms with E-state index in [1.54, 1.807) is 0 Å². The molecule has 0 bridgehead atoms. The van der Waals surface area contributed by atoms with Crippen LogP contribution in [0.3, 0.4) is 0 Å². The summed E-state index contributed by atoms with van der Waals surface area (Å²) < 4.78 is 37.3. The third kappa shape index (κ3) is 5.23. The molecule has 0 saturated heterocycles. The first kappa shape index (κ1) is 14.7. The van der Waals surface area contributed by atoms with E-state index in [1.807, 2.05) is 0 Å². The largest absolute Gasteiger partial charge is 0.401 e. The number of hydrogen-bond donors (Lipinski definition) is 2. The molecule has 0 aliphatic heterocycles.